The van der Waals surface area contributed by atoms with Crippen LogP contribution < -0.4 is 10.1 Å². The number of rotatable bonds is 6. The Labute approximate surface area is 104 Å². The van der Waals surface area contributed by atoms with E-state index in [0.29, 0.717) is 6.61 Å². The van der Waals surface area contributed by atoms with E-state index >= 15 is 0 Å². The second-order valence-electron chi connectivity index (χ2n) is 4.92. The van der Waals surface area contributed by atoms with Crippen molar-refractivity contribution in [3.63, 3.8) is 0 Å². The molecular formula is C14H23NO2. The molecule has 0 aromatic heterocycles. The van der Waals surface area contributed by atoms with Crippen molar-refractivity contribution >= 4 is 0 Å². The smallest absolute Gasteiger partial charge is 0.123 e. The van der Waals surface area contributed by atoms with E-state index in [1.807, 2.05) is 18.2 Å². The third-order valence-corrected chi connectivity index (χ3v) is 2.72. The van der Waals surface area contributed by atoms with Crippen molar-refractivity contribution in [3.05, 3.63) is 29.8 Å². The Morgan fingerprint density at radius 3 is 2.47 bits per heavy atom. The minimum absolute atomic E-state index is 0.0605. The van der Waals surface area contributed by atoms with Crippen LogP contribution in [0.15, 0.2) is 24.3 Å². The Kier molecular flexibility index (Phi) is 4.97. The molecule has 0 saturated heterocycles. The highest BCUT2D eigenvalue weighted by Crippen LogP contribution is 2.25. The largest absolute Gasteiger partial charge is 0.496 e. The van der Waals surface area contributed by atoms with Gasteiger partial charge in [0.2, 0.25) is 0 Å². The summed E-state index contributed by atoms with van der Waals surface area (Å²) in [6, 6.07) is 8.29. The average Bonchev–Trinajstić information content (AvgIpc) is 2.28. The van der Waals surface area contributed by atoms with E-state index in [2.05, 4.69) is 32.2 Å². The van der Waals surface area contributed by atoms with E-state index in [1.165, 1.54) is 5.56 Å². The standard InChI is InChI=1S/C14H23NO2/c1-11(15-14(2,3)10-16-4)12-8-6-7-9-13(12)17-5/h6-9,11,15H,10H2,1-5H3. The molecule has 0 aliphatic heterocycles. The Balaban J connectivity index is 2.79. The third-order valence-electron chi connectivity index (χ3n) is 2.72. The fraction of sp³-hybridized carbons (Fsp3) is 0.571. The van der Waals surface area contributed by atoms with Crippen LogP contribution in [0.3, 0.4) is 0 Å². The van der Waals surface area contributed by atoms with Crippen LogP contribution in [0.2, 0.25) is 0 Å². The molecule has 17 heavy (non-hydrogen) atoms. The minimum Gasteiger partial charge on any atom is -0.496 e. The third kappa shape index (κ3) is 4.02. The lowest BCUT2D eigenvalue weighted by Crippen LogP contribution is -2.44. The molecular weight excluding hydrogens is 214 g/mol. The van der Waals surface area contributed by atoms with Crippen LogP contribution in [0.4, 0.5) is 0 Å². The number of nitrogens with one attached hydrogen (secondary N) is 1. The van der Waals surface area contributed by atoms with Gasteiger partial charge >= 0.3 is 0 Å². The van der Waals surface area contributed by atoms with Crippen molar-refractivity contribution in [2.45, 2.75) is 32.4 Å². The Hall–Kier alpha value is -1.06. The summed E-state index contributed by atoms with van der Waals surface area (Å²) in [6.07, 6.45) is 0. The van der Waals surface area contributed by atoms with Gasteiger partial charge in [-0.05, 0) is 26.8 Å². The molecule has 1 unspecified atom stereocenters. The predicted octanol–water partition coefficient (Wildman–Crippen LogP) is 2.77. The quantitative estimate of drug-likeness (QED) is 0.825. The van der Waals surface area contributed by atoms with E-state index < -0.39 is 0 Å². The van der Waals surface area contributed by atoms with Crippen molar-refractivity contribution in [2.24, 2.45) is 0 Å². The summed E-state index contributed by atoms with van der Waals surface area (Å²) >= 11 is 0. The number of hydrogen-bond donors (Lipinski definition) is 1. The van der Waals surface area contributed by atoms with Crippen LogP contribution in [-0.2, 0) is 4.74 Å². The van der Waals surface area contributed by atoms with Gasteiger partial charge in [0.1, 0.15) is 5.75 Å². The Bertz CT molecular complexity index is 350. The molecule has 0 radical (unpaired) electrons. The minimum atomic E-state index is -0.0605. The number of para-hydroxylation sites is 1. The first kappa shape index (κ1) is 14.0. The molecule has 3 heteroatoms. The molecule has 1 N–H and O–H groups in total. The zero-order valence-corrected chi connectivity index (χ0v) is 11.4. The molecule has 1 rings (SSSR count). The van der Waals surface area contributed by atoms with E-state index in [0.717, 1.165) is 5.75 Å². The van der Waals surface area contributed by atoms with E-state index in [1.54, 1.807) is 14.2 Å². The van der Waals surface area contributed by atoms with Crippen LogP contribution in [0.25, 0.3) is 0 Å². The van der Waals surface area contributed by atoms with Crippen molar-refractivity contribution in [1.29, 1.82) is 0 Å². The van der Waals surface area contributed by atoms with Crippen molar-refractivity contribution < 1.29 is 9.47 Å². The van der Waals surface area contributed by atoms with Crippen LogP contribution in [0.1, 0.15) is 32.4 Å². The first-order valence-corrected chi connectivity index (χ1v) is 5.89. The number of ether oxygens (including phenoxy) is 2. The zero-order chi connectivity index (χ0) is 12.9. The summed E-state index contributed by atoms with van der Waals surface area (Å²) in [5.41, 5.74) is 1.11. The molecule has 1 aromatic rings. The van der Waals surface area contributed by atoms with Gasteiger partial charge in [0.15, 0.2) is 0 Å². The zero-order valence-electron chi connectivity index (χ0n) is 11.4. The lowest BCUT2D eigenvalue weighted by molar-refractivity contribution is 0.122. The molecule has 0 bridgehead atoms. The van der Waals surface area contributed by atoms with Crippen molar-refractivity contribution in [2.75, 3.05) is 20.8 Å². The molecule has 0 aliphatic rings. The van der Waals surface area contributed by atoms with Crippen molar-refractivity contribution in [3.8, 4) is 5.75 Å². The molecule has 1 aromatic carbocycles. The molecule has 1 atom stereocenters. The summed E-state index contributed by atoms with van der Waals surface area (Å²) < 4.78 is 10.6. The molecule has 0 saturated carbocycles. The number of benzene rings is 1. The molecule has 0 heterocycles. The van der Waals surface area contributed by atoms with Gasteiger partial charge in [-0.25, -0.2) is 0 Å². The lowest BCUT2D eigenvalue weighted by atomic mass is 10.0. The predicted molar refractivity (Wildman–Crippen MR) is 70.5 cm³/mol. The highest BCUT2D eigenvalue weighted by molar-refractivity contribution is 5.35. The summed E-state index contributed by atoms with van der Waals surface area (Å²) in [4.78, 5) is 0. The van der Waals surface area contributed by atoms with Crippen LogP contribution >= 0.6 is 0 Å². The SMILES string of the molecule is COCC(C)(C)NC(C)c1ccccc1OC. The summed E-state index contributed by atoms with van der Waals surface area (Å²) in [5.74, 6) is 0.917. The normalized spacial score (nSPS) is 13.5. The molecule has 0 aliphatic carbocycles. The van der Waals surface area contributed by atoms with Gasteiger partial charge in [-0.3, -0.25) is 0 Å². The van der Waals surface area contributed by atoms with Crippen molar-refractivity contribution in [1.82, 2.24) is 5.32 Å². The lowest BCUT2D eigenvalue weighted by Gasteiger charge is -2.30. The topological polar surface area (TPSA) is 30.5 Å². The molecule has 3 nitrogen and oxygen atoms in total. The maximum atomic E-state index is 5.37. The highest BCUT2D eigenvalue weighted by Gasteiger charge is 2.21. The summed E-state index contributed by atoms with van der Waals surface area (Å²) in [6.45, 7) is 7.06. The van der Waals surface area contributed by atoms with E-state index in [-0.39, 0.29) is 11.6 Å². The first-order valence-electron chi connectivity index (χ1n) is 5.89. The number of hydrogen-bond acceptors (Lipinski definition) is 3. The fourth-order valence-electron chi connectivity index (χ4n) is 2.09. The Morgan fingerprint density at radius 2 is 1.88 bits per heavy atom. The summed E-state index contributed by atoms with van der Waals surface area (Å²) in [5, 5.41) is 3.54. The second kappa shape index (κ2) is 6.03. The van der Waals surface area contributed by atoms with Crippen LogP contribution in [0.5, 0.6) is 5.75 Å². The monoisotopic (exact) mass is 237 g/mol. The average molecular weight is 237 g/mol. The van der Waals surface area contributed by atoms with Gasteiger partial charge in [-0.2, -0.15) is 0 Å². The van der Waals surface area contributed by atoms with E-state index in [9.17, 15) is 0 Å². The fourth-order valence-corrected chi connectivity index (χ4v) is 2.09. The number of methoxy groups -OCH3 is 2. The summed E-state index contributed by atoms with van der Waals surface area (Å²) in [7, 11) is 3.42. The van der Waals surface area contributed by atoms with Gasteiger partial charge in [-0.15, -0.1) is 0 Å². The first-order chi connectivity index (χ1) is 8.00. The van der Waals surface area contributed by atoms with Gasteiger partial charge < -0.3 is 14.8 Å². The maximum Gasteiger partial charge on any atom is 0.123 e. The highest BCUT2D eigenvalue weighted by atomic mass is 16.5. The molecule has 96 valence electrons. The van der Waals surface area contributed by atoms with Gasteiger partial charge in [0, 0.05) is 24.3 Å². The second-order valence-corrected chi connectivity index (χ2v) is 4.92. The molecule has 0 fully saturated rings. The molecule has 0 amide bonds. The van der Waals surface area contributed by atoms with Gasteiger partial charge in [-0.1, -0.05) is 18.2 Å². The molecule has 0 spiro atoms. The van der Waals surface area contributed by atoms with Crippen LogP contribution in [-0.4, -0.2) is 26.4 Å². The van der Waals surface area contributed by atoms with E-state index in [4.69, 9.17) is 9.47 Å². The maximum absolute atomic E-state index is 5.37. The van der Waals surface area contributed by atoms with Gasteiger partial charge in [0.05, 0.1) is 13.7 Å². The Morgan fingerprint density at radius 1 is 1.24 bits per heavy atom. The van der Waals surface area contributed by atoms with Gasteiger partial charge in [0.25, 0.3) is 0 Å². The van der Waals surface area contributed by atoms with Crippen LogP contribution in [0, 0.1) is 0 Å².